The summed E-state index contributed by atoms with van der Waals surface area (Å²) in [6.07, 6.45) is 1.43. The number of carbonyl (C=O) groups is 1. The number of carboxylic acid groups (broad SMARTS) is 1. The van der Waals surface area contributed by atoms with E-state index >= 15 is 0 Å². The molecule has 1 aromatic carbocycles. The van der Waals surface area contributed by atoms with Gasteiger partial charge in [0.2, 0.25) is 0 Å². The number of hydrogen-bond acceptors (Lipinski definition) is 3. The molecule has 0 aliphatic heterocycles. The molecule has 1 heterocycles. The topological polar surface area (TPSA) is 64.4 Å². The third-order valence-corrected chi connectivity index (χ3v) is 2.67. The van der Waals surface area contributed by atoms with Crippen LogP contribution >= 0.6 is 0 Å². The summed E-state index contributed by atoms with van der Waals surface area (Å²) < 4.78 is 29.8. The standard InChI is InChI=1S/C13H12F2N2O3/c1-2-17-7-10(12(18)19)11(16-17)8-3-5-9(6-4-8)20-13(14)15/h3-7,13H,2H2,1H3,(H,18,19). The predicted octanol–water partition coefficient (Wildman–Crippen LogP) is 2.87. The minimum absolute atomic E-state index is 0.00977. The van der Waals surface area contributed by atoms with E-state index in [9.17, 15) is 13.6 Å². The van der Waals surface area contributed by atoms with Crippen molar-refractivity contribution in [2.45, 2.75) is 20.1 Å². The summed E-state index contributed by atoms with van der Waals surface area (Å²) in [6.45, 7) is -0.524. The van der Waals surface area contributed by atoms with Crippen molar-refractivity contribution in [3.63, 3.8) is 0 Å². The summed E-state index contributed by atoms with van der Waals surface area (Å²) in [7, 11) is 0. The Labute approximate surface area is 113 Å². The number of halogens is 2. The second-order valence-corrected chi connectivity index (χ2v) is 3.96. The lowest BCUT2D eigenvalue weighted by atomic mass is 10.1. The Morgan fingerprint density at radius 3 is 2.55 bits per heavy atom. The second-order valence-electron chi connectivity index (χ2n) is 3.96. The van der Waals surface area contributed by atoms with Gasteiger partial charge in [0.1, 0.15) is 17.0 Å². The number of aromatic nitrogens is 2. The summed E-state index contributed by atoms with van der Waals surface area (Å²) in [5, 5.41) is 13.3. The number of aryl methyl sites for hydroxylation is 1. The number of nitrogens with zero attached hydrogens (tertiary/aromatic N) is 2. The molecule has 1 N–H and O–H groups in total. The minimum atomic E-state index is -2.89. The zero-order chi connectivity index (χ0) is 14.7. The van der Waals surface area contributed by atoms with Crippen molar-refractivity contribution in [3.8, 4) is 17.0 Å². The number of aromatic carboxylic acids is 1. The molecule has 0 fully saturated rings. The lowest BCUT2D eigenvalue weighted by Gasteiger charge is -2.05. The average molecular weight is 282 g/mol. The van der Waals surface area contributed by atoms with Gasteiger partial charge in [-0.2, -0.15) is 13.9 Å². The van der Waals surface area contributed by atoms with Crippen LogP contribution < -0.4 is 4.74 Å². The van der Waals surface area contributed by atoms with Crippen LogP contribution in [0.1, 0.15) is 17.3 Å². The smallest absolute Gasteiger partial charge is 0.387 e. The molecule has 0 radical (unpaired) electrons. The van der Waals surface area contributed by atoms with Crippen LogP contribution in [0.25, 0.3) is 11.3 Å². The highest BCUT2D eigenvalue weighted by atomic mass is 19.3. The van der Waals surface area contributed by atoms with Gasteiger partial charge in [0.15, 0.2) is 0 Å². The molecular formula is C13H12F2N2O3. The largest absolute Gasteiger partial charge is 0.478 e. The van der Waals surface area contributed by atoms with Crippen molar-refractivity contribution in [3.05, 3.63) is 36.0 Å². The number of ether oxygens (including phenoxy) is 1. The summed E-state index contributed by atoms with van der Waals surface area (Å²) in [4.78, 5) is 11.2. The van der Waals surface area contributed by atoms with Crippen LogP contribution in [0.2, 0.25) is 0 Å². The number of rotatable bonds is 5. The van der Waals surface area contributed by atoms with Gasteiger partial charge >= 0.3 is 12.6 Å². The predicted molar refractivity (Wildman–Crippen MR) is 66.9 cm³/mol. The maximum atomic E-state index is 12.0. The molecule has 0 saturated carbocycles. The van der Waals surface area contributed by atoms with Gasteiger partial charge in [-0.15, -0.1) is 0 Å². The van der Waals surface area contributed by atoms with Crippen molar-refractivity contribution in [1.29, 1.82) is 0 Å². The second kappa shape index (κ2) is 5.68. The Kier molecular flexibility index (Phi) is 3.97. The molecule has 0 aliphatic rings. The molecule has 5 nitrogen and oxygen atoms in total. The fourth-order valence-corrected chi connectivity index (χ4v) is 1.75. The highest BCUT2D eigenvalue weighted by Crippen LogP contribution is 2.25. The molecule has 2 aromatic rings. The maximum absolute atomic E-state index is 12.0. The quantitative estimate of drug-likeness (QED) is 0.915. The number of alkyl halides is 2. The lowest BCUT2D eigenvalue weighted by Crippen LogP contribution is -2.01. The number of hydrogen-bond donors (Lipinski definition) is 1. The number of benzene rings is 1. The van der Waals surface area contributed by atoms with Crippen LogP contribution in [0.4, 0.5) is 8.78 Å². The molecule has 0 amide bonds. The first-order chi connectivity index (χ1) is 9.51. The molecule has 1 aromatic heterocycles. The average Bonchev–Trinajstić information content (AvgIpc) is 2.83. The van der Waals surface area contributed by atoms with Crippen LogP contribution in [0.3, 0.4) is 0 Å². The molecule has 0 unspecified atom stereocenters. The van der Waals surface area contributed by atoms with E-state index in [0.717, 1.165) is 0 Å². The normalized spacial score (nSPS) is 10.8. The Balaban J connectivity index is 2.36. The molecule has 0 atom stereocenters. The number of carboxylic acids is 1. The van der Waals surface area contributed by atoms with Gasteiger partial charge in [-0.05, 0) is 31.2 Å². The third-order valence-electron chi connectivity index (χ3n) is 2.67. The summed E-state index contributed by atoms with van der Waals surface area (Å²) >= 11 is 0. The van der Waals surface area contributed by atoms with Crippen LogP contribution in [-0.2, 0) is 6.54 Å². The monoisotopic (exact) mass is 282 g/mol. The van der Waals surface area contributed by atoms with Gasteiger partial charge in [-0.25, -0.2) is 4.79 Å². The van der Waals surface area contributed by atoms with E-state index in [-0.39, 0.29) is 11.3 Å². The fourth-order valence-electron chi connectivity index (χ4n) is 1.75. The molecule has 0 bridgehead atoms. The summed E-state index contributed by atoms with van der Waals surface area (Å²) in [5.41, 5.74) is 0.883. The first-order valence-corrected chi connectivity index (χ1v) is 5.87. The highest BCUT2D eigenvalue weighted by molar-refractivity contribution is 5.94. The van der Waals surface area contributed by atoms with E-state index in [4.69, 9.17) is 5.11 Å². The van der Waals surface area contributed by atoms with Gasteiger partial charge < -0.3 is 9.84 Å². The van der Waals surface area contributed by atoms with Crippen LogP contribution in [0.15, 0.2) is 30.5 Å². The molecule has 7 heteroatoms. The SMILES string of the molecule is CCn1cc(C(=O)O)c(-c2ccc(OC(F)F)cc2)n1. The van der Waals surface area contributed by atoms with Crippen LogP contribution in [-0.4, -0.2) is 27.5 Å². The van der Waals surface area contributed by atoms with Crippen molar-refractivity contribution in [2.24, 2.45) is 0 Å². The summed E-state index contributed by atoms with van der Waals surface area (Å²) in [6, 6.07) is 5.68. The molecule has 2 rings (SSSR count). The van der Waals surface area contributed by atoms with E-state index in [1.165, 1.54) is 35.1 Å². The first kappa shape index (κ1) is 14.0. The van der Waals surface area contributed by atoms with Gasteiger partial charge in [0, 0.05) is 18.3 Å². The van der Waals surface area contributed by atoms with E-state index in [0.29, 0.717) is 17.8 Å². The van der Waals surface area contributed by atoms with Gasteiger partial charge in [-0.1, -0.05) is 0 Å². The van der Waals surface area contributed by atoms with E-state index < -0.39 is 12.6 Å². The molecule has 20 heavy (non-hydrogen) atoms. The van der Waals surface area contributed by atoms with E-state index in [1.54, 1.807) is 0 Å². The Morgan fingerprint density at radius 2 is 2.05 bits per heavy atom. The van der Waals surface area contributed by atoms with Crippen LogP contribution in [0.5, 0.6) is 5.75 Å². The fraction of sp³-hybridized carbons (Fsp3) is 0.231. The van der Waals surface area contributed by atoms with E-state index in [2.05, 4.69) is 9.84 Å². The highest BCUT2D eigenvalue weighted by Gasteiger charge is 2.17. The van der Waals surface area contributed by atoms with Gasteiger partial charge in [0.25, 0.3) is 0 Å². The van der Waals surface area contributed by atoms with Gasteiger partial charge in [0.05, 0.1) is 0 Å². The van der Waals surface area contributed by atoms with Crippen molar-refractivity contribution < 1.29 is 23.4 Å². The minimum Gasteiger partial charge on any atom is -0.478 e. The van der Waals surface area contributed by atoms with Crippen molar-refractivity contribution >= 4 is 5.97 Å². The molecule has 0 spiro atoms. The maximum Gasteiger partial charge on any atom is 0.387 e. The van der Waals surface area contributed by atoms with Gasteiger partial charge in [-0.3, -0.25) is 4.68 Å². The third kappa shape index (κ3) is 2.93. The zero-order valence-electron chi connectivity index (χ0n) is 10.6. The molecule has 106 valence electrons. The van der Waals surface area contributed by atoms with Crippen LogP contribution in [0, 0.1) is 0 Å². The zero-order valence-corrected chi connectivity index (χ0v) is 10.6. The Morgan fingerprint density at radius 1 is 1.40 bits per heavy atom. The molecular weight excluding hydrogens is 270 g/mol. The Hall–Kier alpha value is -2.44. The molecule has 0 saturated heterocycles. The molecule has 0 aliphatic carbocycles. The first-order valence-electron chi connectivity index (χ1n) is 5.87. The lowest BCUT2D eigenvalue weighted by molar-refractivity contribution is -0.0498. The Bertz CT molecular complexity index is 609. The van der Waals surface area contributed by atoms with Crippen molar-refractivity contribution in [2.75, 3.05) is 0 Å². The van der Waals surface area contributed by atoms with Crippen molar-refractivity contribution in [1.82, 2.24) is 9.78 Å². The summed E-state index contributed by atoms with van der Waals surface area (Å²) in [5.74, 6) is -1.08. The van der Waals surface area contributed by atoms with E-state index in [1.807, 2.05) is 6.92 Å².